The summed E-state index contributed by atoms with van der Waals surface area (Å²) in [7, 11) is 0. The molecule has 21 heavy (non-hydrogen) atoms. The van der Waals surface area contributed by atoms with Crippen LogP contribution >= 0.6 is 0 Å². The number of nitrogens with zero attached hydrogens (tertiary/aromatic N) is 1. The van der Waals surface area contributed by atoms with E-state index in [0.717, 1.165) is 0 Å². The smallest absolute Gasteiger partial charge is 0.0884 e. The highest BCUT2D eigenvalue weighted by molar-refractivity contribution is 4.49. The van der Waals surface area contributed by atoms with Crippen molar-refractivity contribution >= 4 is 0 Å². The van der Waals surface area contributed by atoms with Crippen LogP contribution in [0, 0.1) is 0 Å². The summed E-state index contributed by atoms with van der Waals surface area (Å²) in [5, 5.41) is 2.50. The Morgan fingerprint density at radius 3 is 1.57 bits per heavy atom. The minimum Gasteiger partial charge on any atom is -1.00 e. The number of likely N-dealkylation sites (N-methyl/N-ethyl adjacent to an activating group) is 1. The molecule has 0 aliphatic rings. The first-order valence-corrected chi connectivity index (χ1v) is 9.39. The van der Waals surface area contributed by atoms with Crippen molar-refractivity contribution in [1.82, 2.24) is 4.90 Å². The van der Waals surface area contributed by atoms with Crippen molar-refractivity contribution in [2.24, 2.45) is 0 Å². The molecule has 2 nitrogen and oxygen atoms in total. The van der Waals surface area contributed by atoms with Gasteiger partial charge in [0.1, 0.15) is 0 Å². The van der Waals surface area contributed by atoms with Gasteiger partial charge in [0.05, 0.1) is 13.1 Å². The van der Waals surface area contributed by atoms with E-state index in [9.17, 15) is 0 Å². The quantitative estimate of drug-likeness (QED) is 0.417. The van der Waals surface area contributed by atoms with Crippen LogP contribution in [-0.2, 0) is 0 Å². The normalized spacial score (nSPS) is 10.9. The van der Waals surface area contributed by atoms with Crippen molar-refractivity contribution in [1.29, 1.82) is 0 Å². The van der Waals surface area contributed by atoms with Gasteiger partial charge in [0.25, 0.3) is 0 Å². The van der Waals surface area contributed by atoms with Gasteiger partial charge in [0.15, 0.2) is 0 Å². The molecular formula is C18H41ClN2. The molecule has 0 saturated carbocycles. The van der Waals surface area contributed by atoms with Gasteiger partial charge in [-0.15, -0.1) is 0 Å². The number of rotatable bonds is 16. The topological polar surface area (TPSA) is 19.9 Å². The zero-order valence-corrected chi connectivity index (χ0v) is 15.8. The van der Waals surface area contributed by atoms with Crippen LogP contribution in [0.4, 0.5) is 0 Å². The molecule has 0 fully saturated rings. The highest BCUT2D eigenvalue weighted by Crippen LogP contribution is 2.09. The van der Waals surface area contributed by atoms with Gasteiger partial charge in [-0.05, 0) is 25.9 Å². The van der Waals surface area contributed by atoms with E-state index in [4.69, 9.17) is 0 Å². The van der Waals surface area contributed by atoms with Crippen LogP contribution in [0.3, 0.4) is 0 Å². The van der Waals surface area contributed by atoms with Crippen LogP contribution in [-0.4, -0.2) is 37.6 Å². The van der Waals surface area contributed by atoms with Crippen molar-refractivity contribution in [3.8, 4) is 0 Å². The maximum absolute atomic E-state index is 2.51. The lowest BCUT2D eigenvalue weighted by atomic mass is 10.1. The van der Waals surface area contributed by atoms with Gasteiger partial charge in [-0.1, -0.05) is 72.1 Å². The van der Waals surface area contributed by atoms with E-state index < -0.39 is 0 Å². The van der Waals surface area contributed by atoms with Crippen LogP contribution in [0.15, 0.2) is 0 Å². The predicted octanol–water partition coefficient (Wildman–Crippen LogP) is 0.817. The molecule has 0 rings (SSSR count). The van der Waals surface area contributed by atoms with E-state index in [1.165, 1.54) is 96.9 Å². The third kappa shape index (κ3) is 18.2. The molecule has 0 spiro atoms. The summed E-state index contributed by atoms with van der Waals surface area (Å²) >= 11 is 0. The third-order valence-corrected chi connectivity index (χ3v) is 4.31. The molecule has 0 aliphatic heterocycles. The van der Waals surface area contributed by atoms with Gasteiger partial charge >= 0.3 is 0 Å². The first-order chi connectivity index (χ1) is 9.85. The Labute approximate surface area is 140 Å². The van der Waals surface area contributed by atoms with Crippen molar-refractivity contribution in [2.75, 3.05) is 32.7 Å². The standard InChI is InChI=1S/C18H40N2.ClH/c1-4-7-8-9-10-11-12-13-14-15-16-19-17-18-20(5-2)6-3;/h19H,4-18H2,1-3H3;1H. The summed E-state index contributed by atoms with van der Waals surface area (Å²) in [6.45, 7) is 13.1. The predicted molar refractivity (Wildman–Crippen MR) is 91.3 cm³/mol. The van der Waals surface area contributed by atoms with E-state index in [2.05, 4.69) is 31.0 Å². The first kappa shape index (κ1) is 23.5. The van der Waals surface area contributed by atoms with Crippen LogP contribution in [0.5, 0.6) is 0 Å². The second-order valence-electron chi connectivity index (χ2n) is 6.07. The van der Waals surface area contributed by atoms with Crippen LogP contribution in [0.1, 0.15) is 85.0 Å². The van der Waals surface area contributed by atoms with Crippen molar-refractivity contribution in [3.05, 3.63) is 0 Å². The minimum atomic E-state index is 0. The fourth-order valence-corrected chi connectivity index (χ4v) is 2.73. The fourth-order valence-electron chi connectivity index (χ4n) is 2.73. The lowest BCUT2D eigenvalue weighted by Crippen LogP contribution is -3.00. The molecule has 0 aliphatic carbocycles. The molecule has 0 radical (unpaired) electrons. The molecule has 0 heterocycles. The van der Waals surface area contributed by atoms with Crippen molar-refractivity contribution < 1.29 is 17.7 Å². The van der Waals surface area contributed by atoms with Gasteiger partial charge < -0.3 is 17.7 Å². The van der Waals surface area contributed by atoms with Gasteiger partial charge in [0, 0.05) is 6.54 Å². The number of quaternary nitrogens is 1. The molecule has 3 heteroatoms. The molecule has 0 aromatic carbocycles. The van der Waals surface area contributed by atoms with Gasteiger partial charge in [0.2, 0.25) is 0 Å². The molecule has 0 aromatic heterocycles. The largest absolute Gasteiger partial charge is 1.00 e. The third-order valence-electron chi connectivity index (χ3n) is 4.31. The summed E-state index contributed by atoms with van der Waals surface area (Å²) in [6, 6.07) is 0. The average Bonchev–Trinajstić information content (AvgIpc) is 2.48. The second kappa shape index (κ2) is 20.2. The second-order valence-corrected chi connectivity index (χ2v) is 6.07. The van der Waals surface area contributed by atoms with Crippen LogP contribution < -0.4 is 17.7 Å². The maximum Gasteiger partial charge on any atom is 0.0884 e. The lowest BCUT2D eigenvalue weighted by molar-refractivity contribution is -0.654. The molecular weight excluding hydrogens is 280 g/mol. The fraction of sp³-hybridized carbons (Fsp3) is 1.00. The molecule has 2 N–H and O–H groups in total. The van der Waals surface area contributed by atoms with Crippen molar-refractivity contribution in [2.45, 2.75) is 85.0 Å². The van der Waals surface area contributed by atoms with Gasteiger partial charge in [-0.25, -0.2) is 0 Å². The zero-order valence-electron chi connectivity index (χ0n) is 15.0. The number of hydrogen-bond acceptors (Lipinski definition) is 1. The summed E-state index contributed by atoms with van der Waals surface area (Å²) in [5.74, 6) is 0. The summed E-state index contributed by atoms with van der Waals surface area (Å²) < 4.78 is 0. The van der Waals surface area contributed by atoms with Crippen molar-refractivity contribution in [3.63, 3.8) is 0 Å². The molecule has 0 atom stereocenters. The highest BCUT2D eigenvalue weighted by atomic mass is 35.5. The molecule has 130 valence electrons. The van der Waals surface area contributed by atoms with Crippen LogP contribution in [0.2, 0.25) is 0 Å². The van der Waals surface area contributed by atoms with Gasteiger partial charge in [-0.2, -0.15) is 0 Å². The SMILES string of the molecule is CCCCCCCCCCCC[NH2+]CCN(CC)CC.[Cl-]. The van der Waals surface area contributed by atoms with E-state index in [0.29, 0.717) is 0 Å². The Hall–Kier alpha value is 0.210. The molecule has 0 bridgehead atoms. The zero-order chi connectivity index (χ0) is 14.9. The molecule has 0 saturated heterocycles. The minimum absolute atomic E-state index is 0. The Balaban J connectivity index is 0. The van der Waals surface area contributed by atoms with E-state index in [1.807, 2.05) is 0 Å². The van der Waals surface area contributed by atoms with E-state index in [-0.39, 0.29) is 12.4 Å². The lowest BCUT2D eigenvalue weighted by Gasteiger charge is -2.16. The molecule has 0 aromatic rings. The Kier molecular flexibility index (Phi) is 22.6. The number of halogens is 1. The Bertz CT molecular complexity index is 173. The number of unbranched alkanes of at least 4 members (excludes halogenated alkanes) is 9. The van der Waals surface area contributed by atoms with Gasteiger partial charge in [-0.3, -0.25) is 4.90 Å². The highest BCUT2D eigenvalue weighted by Gasteiger charge is 1.99. The number of hydrogen-bond donors (Lipinski definition) is 1. The maximum atomic E-state index is 2.51. The molecule has 0 unspecified atom stereocenters. The average molecular weight is 321 g/mol. The summed E-state index contributed by atoms with van der Waals surface area (Å²) in [6.07, 6.45) is 14.4. The van der Waals surface area contributed by atoms with Crippen LogP contribution in [0.25, 0.3) is 0 Å². The summed E-state index contributed by atoms with van der Waals surface area (Å²) in [4.78, 5) is 2.51. The Morgan fingerprint density at radius 2 is 1.10 bits per heavy atom. The number of nitrogens with two attached hydrogens (primary N) is 1. The first-order valence-electron chi connectivity index (χ1n) is 9.39. The Morgan fingerprint density at radius 1 is 0.619 bits per heavy atom. The molecule has 0 amide bonds. The monoisotopic (exact) mass is 320 g/mol. The van der Waals surface area contributed by atoms with E-state index in [1.54, 1.807) is 0 Å². The summed E-state index contributed by atoms with van der Waals surface area (Å²) in [5.41, 5.74) is 0. The van der Waals surface area contributed by atoms with E-state index >= 15 is 0 Å².